The van der Waals surface area contributed by atoms with Crippen molar-refractivity contribution < 1.29 is 0 Å². The Bertz CT molecular complexity index is 255. The molecule has 0 saturated carbocycles. The Balaban J connectivity index is 2.13. The van der Waals surface area contributed by atoms with E-state index < -0.39 is 0 Å². The summed E-state index contributed by atoms with van der Waals surface area (Å²) in [6.07, 6.45) is 6.10. The van der Waals surface area contributed by atoms with E-state index in [1.165, 1.54) is 6.42 Å². The second-order valence-corrected chi connectivity index (χ2v) is 3.92. The van der Waals surface area contributed by atoms with E-state index >= 15 is 0 Å². The first-order valence-electron chi connectivity index (χ1n) is 5.41. The molecule has 1 N–H and O–H groups in total. The van der Waals surface area contributed by atoms with Crippen molar-refractivity contribution in [2.45, 2.75) is 26.7 Å². The van der Waals surface area contributed by atoms with Gasteiger partial charge in [-0.05, 0) is 12.5 Å². The molecule has 0 aliphatic rings. The van der Waals surface area contributed by atoms with Crippen LogP contribution in [0.15, 0.2) is 12.4 Å². The Kier molecular flexibility index (Phi) is 4.66. The van der Waals surface area contributed by atoms with Crippen molar-refractivity contribution in [1.82, 2.24) is 14.9 Å². The topological polar surface area (TPSA) is 29.9 Å². The molecule has 0 saturated heterocycles. The van der Waals surface area contributed by atoms with Gasteiger partial charge in [0.2, 0.25) is 0 Å². The first kappa shape index (κ1) is 11.2. The van der Waals surface area contributed by atoms with Crippen LogP contribution in [-0.4, -0.2) is 22.6 Å². The minimum absolute atomic E-state index is 0.774. The van der Waals surface area contributed by atoms with Gasteiger partial charge in [-0.3, -0.25) is 0 Å². The molecule has 1 aromatic rings. The van der Waals surface area contributed by atoms with Crippen LogP contribution in [0, 0.1) is 5.92 Å². The van der Waals surface area contributed by atoms with E-state index in [-0.39, 0.29) is 0 Å². The average Bonchev–Trinajstić information content (AvgIpc) is 2.58. The summed E-state index contributed by atoms with van der Waals surface area (Å²) in [5.74, 6) is 1.93. The highest BCUT2D eigenvalue weighted by molar-refractivity contribution is 4.91. The number of nitrogens with zero attached hydrogens (tertiary/aromatic N) is 2. The molecule has 1 rings (SSSR count). The molecule has 3 heteroatoms. The third kappa shape index (κ3) is 3.50. The van der Waals surface area contributed by atoms with Crippen molar-refractivity contribution in [3.63, 3.8) is 0 Å². The normalized spacial score (nSPS) is 13.1. The molecule has 0 aromatic carbocycles. The van der Waals surface area contributed by atoms with Gasteiger partial charge in [-0.15, -0.1) is 0 Å². The van der Waals surface area contributed by atoms with Gasteiger partial charge in [-0.25, -0.2) is 4.98 Å². The predicted molar refractivity (Wildman–Crippen MR) is 59.2 cm³/mol. The van der Waals surface area contributed by atoms with E-state index in [2.05, 4.69) is 28.7 Å². The largest absolute Gasteiger partial charge is 0.338 e. The van der Waals surface area contributed by atoms with E-state index in [0.717, 1.165) is 31.3 Å². The minimum Gasteiger partial charge on any atom is -0.338 e. The molecule has 0 radical (unpaired) electrons. The van der Waals surface area contributed by atoms with Gasteiger partial charge in [0.15, 0.2) is 0 Å². The van der Waals surface area contributed by atoms with Crippen molar-refractivity contribution in [2.75, 3.05) is 13.1 Å². The summed E-state index contributed by atoms with van der Waals surface area (Å²) < 4.78 is 2.07. The van der Waals surface area contributed by atoms with Gasteiger partial charge in [-0.2, -0.15) is 0 Å². The molecule has 1 unspecified atom stereocenters. The summed E-state index contributed by atoms with van der Waals surface area (Å²) in [7, 11) is 2.04. The standard InChI is InChI=1S/C11H21N3/c1-4-10(2)9-12-6-5-11-13-7-8-14(11)3/h7-8,10,12H,4-6,9H2,1-3H3. The van der Waals surface area contributed by atoms with E-state index in [1.54, 1.807) is 0 Å². The fourth-order valence-electron chi connectivity index (χ4n) is 1.33. The Morgan fingerprint density at radius 2 is 2.36 bits per heavy atom. The van der Waals surface area contributed by atoms with Gasteiger partial charge in [-0.1, -0.05) is 20.3 Å². The van der Waals surface area contributed by atoms with Crippen LogP contribution >= 0.6 is 0 Å². The average molecular weight is 195 g/mol. The highest BCUT2D eigenvalue weighted by atomic mass is 15.0. The van der Waals surface area contributed by atoms with Gasteiger partial charge >= 0.3 is 0 Å². The van der Waals surface area contributed by atoms with Crippen molar-refractivity contribution in [3.8, 4) is 0 Å². The molecule has 1 aromatic heterocycles. The number of hydrogen-bond donors (Lipinski definition) is 1. The van der Waals surface area contributed by atoms with Gasteiger partial charge in [0.1, 0.15) is 5.82 Å². The SMILES string of the molecule is CCC(C)CNCCc1nccn1C. The van der Waals surface area contributed by atoms with Crippen molar-refractivity contribution in [3.05, 3.63) is 18.2 Å². The Hall–Kier alpha value is -0.830. The van der Waals surface area contributed by atoms with Gasteiger partial charge < -0.3 is 9.88 Å². The van der Waals surface area contributed by atoms with Gasteiger partial charge in [0.25, 0.3) is 0 Å². The monoisotopic (exact) mass is 195 g/mol. The summed E-state index contributed by atoms with van der Waals surface area (Å²) in [6.45, 7) is 6.63. The summed E-state index contributed by atoms with van der Waals surface area (Å²) in [5.41, 5.74) is 0. The number of aryl methyl sites for hydroxylation is 1. The Morgan fingerprint density at radius 1 is 1.57 bits per heavy atom. The Morgan fingerprint density at radius 3 is 2.93 bits per heavy atom. The minimum atomic E-state index is 0.774. The second-order valence-electron chi connectivity index (χ2n) is 3.92. The highest BCUT2D eigenvalue weighted by Crippen LogP contribution is 1.98. The summed E-state index contributed by atoms with van der Waals surface area (Å²) in [5, 5.41) is 3.45. The van der Waals surface area contributed by atoms with Crippen LogP contribution in [0.25, 0.3) is 0 Å². The molecule has 0 spiro atoms. The van der Waals surface area contributed by atoms with E-state index in [4.69, 9.17) is 0 Å². The van der Waals surface area contributed by atoms with Crippen LogP contribution in [0.3, 0.4) is 0 Å². The molecule has 0 fully saturated rings. The predicted octanol–water partition coefficient (Wildman–Crippen LogP) is 1.60. The van der Waals surface area contributed by atoms with Crippen molar-refractivity contribution >= 4 is 0 Å². The highest BCUT2D eigenvalue weighted by Gasteiger charge is 2.00. The fourth-order valence-corrected chi connectivity index (χ4v) is 1.33. The molecular formula is C11H21N3. The lowest BCUT2D eigenvalue weighted by Crippen LogP contribution is -2.23. The first-order chi connectivity index (χ1) is 6.74. The molecule has 1 atom stereocenters. The molecule has 3 nitrogen and oxygen atoms in total. The van der Waals surface area contributed by atoms with Crippen LogP contribution in [0.5, 0.6) is 0 Å². The summed E-state index contributed by atoms with van der Waals surface area (Å²) in [6, 6.07) is 0. The fraction of sp³-hybridized carbons (Fsp3) is 0.727. The molecule has 0 aliphatic carbocycles. The molecule has 14 heavy (non-hydrogen) atoms. The zero-order valence-electron chi connectivity index (χ0n) is 9.45. The van der Waals surface area contributed by atoms with Crippen LogP contribution in [0.1, 0.15) is 26.1 Å². The third-order valence-electron chi connectivity index (χ3n) is 2.64. The van der Waals surface area contributed by atoms with Crippen LogP contribution in [0.2, 0.25) is 0 Å². The second kappa shape index (κ2) is 5.81. The molecule has 80 valence electrons. The molecule has 1 heterocycles. The molecular weight excluding hydrogens is 174 g/mol. The van der Waals surface area contributed by atoms with E-state index in [0.29, 0.717) is 0 Å². The quantitative estimate of drug-likeness (QED) is 0.699. The smallest absolute Gasteiger partial charge is 0.109 e. The Labute approximate surface area is 86.5 Å². The number of aromatic nitrogens is 2. The number of hydrogen-bond acceptors (Lipinski definition) is 2. The van der Waals surface area contributed by atoms with E-state index in [9.17, 15) is 0 Å². The maximum Gasteiger partial charge on any atom is 0.109 e. The van der Waals surface area contributed by atoms with Crippen LogP contribution in [0.4, 0.5) is 0 Å². The molecule has 0 amide bonds. The third-order valence-corrected chi connectivity index (χ3v) is 2.64. The lowest BCUT2D eigenvalue weighted by molar-refractivity contribution is 0.499. The van der Waals surface area contributed by atoms with Gasteiger partial charge in [0.05, 0.1) is 0 Å². The van der Waals surface area contributed by atoms with Crippen LogP contribution < -0.4 is 5.32 Å². The number of imidazole rings is 1. The first-order valence-corrected chi connectivity index (χ1v) is 5.41. The maximum absolute atomic E-state index is 4.28. The lowest BCUT2D eigenvalue weighted by Gasteiger charge is -2.09. The van der Waals surface area contributed by atoms with Crippen molar-refractivity contribution in [1.29, 1.82) is 0 Å². The van der Waals surface area contributed by atoms with Crippen molar-refractivity contribution in [2.24, 2.45) is 13.0 Å². The molecule has 0 aliphatic heterocycles. The molecule has 0 bridgehead atoms. The zero-order valence-corrected chi connectivity index (χ0v) is 9.45. The number of nitrogens with one attached hydrogen (secondary N) is 1. The maximum atomic E-state index is 4.28. The summed E-state index contributed by atoms with van der Waals surface area (Å²) in [4.78, 5) is 4.28. The lowest BCUT2D eigenvalue weighted by atomic mass is 10.1. The number of rotatable bonds is 6. The zero-order chi connectivity index (χ0) is 10.4. The van der Waals surface area contributed by atoms with Crippen LogP contribution in [-0.2, 0) is 13.5 Å². The van der Waals surface area contributed by atoms with Gasteiger partial charge in [0, 0.05) is 32.4 Å². The summed E-state index contributed by atoms with van der Waals surface area (Å²) >= 11 is 0. The van der Waals surface area contributed by atoms with E-state index in [1.807, 2.05) is 19.4 Å².